The molecule has 128 valence electrons. The number of nitrogens with one attached hydrogen (secondary N) is 1. The first kappa shape index (κ1) is 16.9. The lowest BCUT2D eigenvalue weighted by molar-refractivity contribution is -0.119. The van der Waals surface area contributed by atoms with Crippen LogP contribution in [0.1, 0.15) is 32.1 Å². The van der Waals surface area contributed by atoms with Crippen LogP contribution in [0.2, 0.25) is 0 Å². The van der Waals surface area contributed by atoms with Gasteiger partial charge in [-0.3, -0.25) is 4.79 Å². The predicted octanol–water partition coefficient (Wildman–Crippen LogP) is 3.88. The van der Waals surface area contributed by atoms with E-state index in [1.807, 2.05) is 6.07 Å². The number of nitrogens with zero attached hydrogens (tertiary/aromatic N) is 2. The number of hydrogen-bond donors (Lipinski definition) is 1. The van der Waals surface area contributed by atoms with Gasteiger partial charge >= 0.3 is 0 Å². The molecule has 4 nitrogen and oxygen atoms in total. The number of aromatic nitrogens is 1. The summed E-state index contributed by atoms with van der Waals surface area (Å²) in [6, 6.07) is 4.91. The van der Waals surface area contributed by atoms with Gasteiger partial charge in [-0.05, 0) is 44.2 Å². The van der Waals surface area contributed by atoms with Gasteiger partial charge < -0.3 is 10.2 Å². The number of para-hydroxylation sites is 1. The molecule has 1 heterocycles. The maximum atomic E-state index is 13.7. The Bertz CT molecular complexity index is 756. The van der Waals surface area contributed by atoms with Crippen LogP contribution in [0, 0.1) is 5.82 Å². The lowest BCUT2D eigenvalue weighted by Gasteiger charge is -2.16. The van der Waals surface area contributed by atoms with Gasteiger partial charge in [-0.2, -0.15) is 0 Å². The van der Waals surface area contributed by atoms with Crippen molar-refractivity contribution < 1.29 is 9.18 Å². The van der Waals surface area contributed by atoms with E-state index in [2.05, 4.69) is 16.4 Å². The average molecular weight is 347 g/mol. The molecule has 0 unspecified atom stereocenters. The second-order valence-corrected chi connectivity index (χ2v) is 7.16. The molecule has 0 spiro atoms. The standard InChI is InChI=1S/C18H22FN3OS/c1-22(18-21-17-14(19)8-5-9-15(17)24-18)12-16(23)20-11-10-13-6-3-2-4-7-13/h5-6,8-9H,2-4,7,10-12H2,1H3,(H,20,23). The lowest BCUT2D eigenvalue weighted by Crippen LogP contribution is -2.35. The van der Waals surface area contributed by atoms with E-state index < -0.39 is 0 Å². The molecule has 0 radical (unpaired) electrons. The van der Waals surface area contributed by atoms with E-state index in [4.69, 9.17) is 0 Å². The Hall–Kier alpha value is -1.95. The summed E-state index contributed by atoms with van der Waals surface area (Å²) in [5.74, 6) is -0.359. The van der Waals surface area contributed by atoms with Gasteiger partial charge in [0.25, 0.3) is 0 Å². The van der Waals surface area contributed by atoms with Crippen LogP contribution < -0.4 is 10.2 Å². The number of allylic oxidation sites excluding steroid dienone is 1. The minimum Gasteiger partial charge on any atom is -0.354 e. The van der Waals surface area contributed by atoms with Gasteiger partial charge in [-0.1, -0.05) is 29.1 Å². The minimum atomic E-state index is -0.325. The van der Waals surface area contributed by atoms with Gasteiger partial charge in [0.05, 0.1) is 11.2 Å². The lowest BCUT2D eigenvalue weighted by atomic mass is 9.97. The molecule has 0 atom stereocenters. The van der Waals surface area contributed by atoms with E-state index in [1.54, 1.807) is 18.0 Å². The SMILES string of the molecule is CN(CC(=O)NCCC1=CCCCC1)c1nc2c(F)cccc2s1. The number of fused-ring (bicyclic) bond motifs is 1. The normalized spacial score (nSPS) is 14.5. The summed E-state index contributed by atoms with van der Waals surface area (Å²) in [6.45, 7) is 0.896. The number of thiazole rings is 1. The van der Waals surface area contributed by atoms with E-state index in [-0.39, 0.29) is 18.3 Å². The number of amides is 1. The van der Waals surface area contributed by atoms with Crippen molar-refractivity contribution in [2.75, 3.05) is 25.0 Å². The van der Waals surface area contributed by atoms with Crippen molar-refractivity contribution in [3.63, 3.8) is 0 Å². The highest BCUT2D eigenvalue weighted by Crippen LogP contribution is 2.29. The topological polar surface area (TPSA) is 45.2 Å². The second kappa shape index (κ2) is 7.75. The maximum Gasteiger partial charge on any atom is 0.239 e. The van der Waals surface area contributed by atoms with Crippen molar-refractivity contribution in [1.29, 1.82) is 0 Å². The Morgan fingerprint density at radius 3 is 3.04 bits per heavy atom. The molecule has 1 aromatic heterocycles. The first-order valence-electron chi connectivity index (χ1n) is 8.34. The summed E-state index contributed by atoms with van der Waals surface area (Å²) in [5.41, 5.74) is 1.82. The van der Waals surface area contributed by atoms with Crippen LogP contribution in [0.5, 0.6) is 0 Å². The number of rotatable bonds is 6. The monoisotopic (exact) mass is 347 g/mol. The van der Waals surface area contributed by atoms with Gasteiger partial charge in [-0.15, -0.1) is 0 Å². The zero-order valence-corrected chi connectivity index (χ0v) is 14.7. The summed E-state index contributed by atoms with van der Waals surface area (Å²) in [6.07, 6.45) is 8.10. The van der Waals surface area contributed by atoms with Crippen LogP contribution in [0.15, 0.2) is 29.8 Å². The molecule has 6 heteroatoms. The highest BCUT2D eigenvalue weighted by molar-refractivity contribution is 7.22. The zero-order valence-electron chi connectivity index (χ0n) is 13.8. The van der Waals surface area contributed by atoms with Crippen LogP contribution in [0.4, 0.5) is 9.52 Å². The van der Waals surface area contributed by atoms with Crippen molar-refractivity contribution in [3.05, 3.63) is 35.7 Å². The molecule has 3 rings (SSSR count). The third-order valence-electron chi connectivity index (χ3n) is 4.22. The van der Waals surface area contributed by atoms with E-state index in [0.717, 1.165) is 17.5 Å². The van der Waals surface area contributed by atoms with Crippen LogP contribution in [-0.2, 0) is 4.79 Å². The molecule has 0 aliphatic heterocycles. The minimum absolute atomic E-state index is 0.0337. The van der Waals surface area contributed by atoms with Gasteiger partial charge in [0, 0.05) is 13.6 Å². The Morgan fingerprint density at radius 1 is 1.42 bits per heavy atom. The van der Waals surface area contributed by atoms with Crippen LogP contribution in [-0.4, -0.2) is 31.0 Å². The largest absolute Gasteiger partial charge is 0.354 e. The smallest absolute Gasteiger partial charge is 0.239 e. The molecule has 1 amide bonds. The number of benzene rings is 1. The van der Waals surface area contributed by atoms with E-state index in [9.17, 15) is 9.18 Å². The summed E-state index contributed by atoms with van der Waals surface area (Å²) in [4.78, 5) is 18.1. The zero-order chi connectivity index (χ0) is 16.9. The first-order valence-corrected chi connectivity index (χ1v) is 9.16. The quantitative estimate of drug-likeness (QED) is 0.807. The number of carbonyl (C=O) groups is 1. The number of anilines is 1. The fraction of sp³-hybridized carbons (Fsp3) is 0.444. The highest BCUT2D eigenvalue weighted by atomic mass is 32.1. The highest BCUT2D eigenvalue weighted by Gasteiger charge is 2.14. The van der Waals surface area contributed by atoms with Crippen molar-refractivity contribution in [3.8, 4) is 0 Å². The molecule has 2 aromatic rings. The second-order valence-electron chi connectivity index (χ2n) is 6.15. The number of hydrogen-bond acceptors (Lipinski definition) is 4. The molecular formula is C18H22FN3OS. The molecule has 1 aliphatic rings. The molecule has 0 saturated carbocycles. The molecule has 1 N–H and O–H groups in total. The predicted molar refractivity (Wildman–Crippen MR) is 97.0 cm³/mol. The average Bonchev–Trinajstić information content (AvgIpc) is 3.02. The molecule has 0 bridgehead atoms. The molecule has 1 aliphatic carbocycles. The fourth-order valence-corrected chi connectivity index (χ4v) is 3.84. The van der Waals surface area contributed by atoms with Gasteiger partial charge in [-0.25, -0.2) is 9.37 Å². The Kier molecular flexibility index (Phi) is 5.45. The summed E-state index contributed by atoms with van der Waals surface area (Å²) >= 11 is 1.39. The van der Waals surface area contributed by atoms with E-state index in [0.29, 0.717) is 17.2 Å². The molecule has 24 heavy (non-hydrogen) atoms. The van der Waals surface area contributed by atoms with E-state index in [1.165, 1.54) is 42.2 Å². The Labute approximate surface area is 145 Å². The fourth-order valence-electron chi connectivity index (χ4n) is 2.90. The summed E-state index contributed by atoms with van der Waals surface area (Å²) in [7, 11) is 1.80. The summed E-state index contributed by atoms with van der Waals surface area (Å²) < 4.78 is 14.5. The number of halogens is 1. The van der Waals surface area contributed by atoms with Crippen LogP contribution in [0.3, 0.4) is 0 Å². The summed E-state index contributed by atoms with van der Waals surface area (Å²) in [5, 5.41) is 3.61. The third-order valence-corrected chi connectivity index (χ3v) is 5.35. The van der Waals surface area contributed by atoms with Crippen molar-refractivity contribution in [2.24, 2.45) is 0 Å². The van der Waals surface area contributed by atoms with Crippen molar-refractivity contribution in [1.82, 2.24) is 10.3 Å². The Balaban J connectivity index is 1.51. The van der Waals surface area contributed by atoms with Crippen molar-refractivity contribution in [2.45, 2.75) is 32.1 Å². The van der Waals surface area contributed by atoms with Crippen LogP contribution >= 0.6 is 11.3 Å². The number of carbonyl (C=O) groups excluding carboxylic acids is 1. The first-order chi connectivity index (χ1) is 11.6. The van der Waals surface area contributed by atoms with Crippen LogP contribution in [0.25, 0.3) is 10.2 Å². The van der Waals surface area contributed by atoms with Gasteiger partial charge in [0.2, 0.25) is 5.91 Å². The molecule has 0 fully saturated rings. The van der Waals surface area contributed by atoms with Gasteiger partial charge in [0.1, 0.15) is 11.3 Å². The Morgan fingerprint density at radius 2 is 2.29 bits per heavy atom. The maximum absolute atomic E-state index is 13.7. The number of likely N-dealkylation sites (N-methyl/N-ethyl adjacent to an activating group) is 1. The van der Waals surface area contributed by atoms with E-state index >= 15 is 0 Å². The van der Waals surface area contributed by atoms with Crippen molar-refractivity contribution >= 4 is 32.6 Å². The molecule has 0 saturated heterocycles. The molecular weight excluding hydrogens is 325 g/mol. The van der Waals surface area contributed by atoms with Gasteiger partial charge in [0.15, 0.2) is 5.13 Å². The molecule has 1 aromatic carbocycles. The third kappa shape index (κ3) is 4.12.